The highest BCUT2D eigenvalue weighted by Gasteiger charge is 2.20. The lowest BCUT2D eigenvalue weighted by molar-refractivity contribution is 0.390. The highest BCUT2D eigenvalue weighted by Crippen LogP contribution is 2.31. The van der Waals surface area contributed by atoms with E-state index in [-0.39, 0.29) is 10.6 Å². The summed E-state index contributed by atoms with van der Waals surface area (Å²) in [5, 5.41) is 0. The molecule has 0 aliphatic carbocycles. The van der Waals surface area contributed by atoms with Crippen molar-refractivity contribution in [3.63, 3.8) is 0 Å². The normalized spacial score (nSPS) is 11.0. The van der Waals surface area contributed by atoms with Gasteiger partial charge in [0.15, 0.2) is 0 Å². The summed E-state index contributed by atoms with van der Waals surface area (Å²) in [7, 11) is -1.01. The van der Waals surface area contributed by atoms with Crippen molar-refractivity contribution in [2.75, 3.05) is 14.2 Å². The maximum atomic E-state index is 12.3. The highest BCUT2D eigenvalue weighted by molar-refractivity contribution is 9.10. The van der Waals surface area contributed by atoms with Crippen molar-refractivity contribution in [3.05, 3.63) is 46.9 Å². The summed E-state index contributed by atoms with van der Waals surface area (Å²) in [5.74, 6) is 0.986. The van der Waals surface area contributed by atoms with Crippen LogP contribution in [0.25, 0.3) is 0 Å². The van der Waals surface area contributed by atoms with Crippen molar-refractivity contribution < 1.29 is 22.1 Å². The summed E-state index contributed by atoms with van der Waals surface area (Å²) in [5.41, 5.74) is 0. The largest absolute Gasteiger partial charge is 0.496 e. The summed E-state index contributed by atoms with van der Waals surface area (Å²) in [6.45, 7) is 0. The van der Waals surface area contributed by atoms with Crippen molar-refractivity contribution >= 4 is 26.0 Å². The van der Waals surface area contributed by atoms with Crippen molar-refractivity contribution in [1.82, 2.24) is 0 Å². The first-order chi connectivity index (χ1) is 9.96. The van der Waals surface area contributed by atoms with Gasteiger partial charge in [-0.1, -0.05) is 12.1 Å². The van der Waals surface area contributed by atoms with Gasteiger partial charge in [-0.05, 0) is 28.1 Å². The average Bonchev–Trinajstić information content (AvgIpc) is 2.46. The minimum atomic E-state index is -3.95. The Morgan fingerprint density at radius 2 is 1.43 bits per heavy atom. The molecular formula is C14H13BrO5S. The quantitative estimate of drug-likeness (QED) is 0.753. The molecule has 7 heteroatoms. The number of hydrogen-bond acceptors (Lipinski definition) is 5. The molecule has 0 bridgehead atoms. The minimum Gasteiger partial charge on any atom is -0.496 e. The first-order valence-corrected chi connectivity index (χ1v) is 8.08. The molecule has 2 aromatic rings. The second-order valence-electron chi connectivity index (χ2n) is 4.02. The van der Waals surface area contributed by atoms with E-state index in [0.717, 1.165) is 0 Å². The van der Waals surface area contributed by atoms with Crippen LogP contribution in [0, 0.1) is 0 Å². The molecule has 0 saturated carbocycles. The fourth-order valence-electron chi connectivity index (χ4n) is 1.65. The summed E-state index contributed by atoms with van der Waals surface area (Å²) in [4.78, 5) is 0.0480. The van der Waals surface area contributed by atoms with E-state index in [0.29, 0.717) is 16.0 Å². The predicted molar refractivity (Wildman–Crippen MR) is 81.5 cm³/mol. The summed E-state index contributed by atoms with van der Waals surface area (Å²) >= 11 is 3.19. The van der Waals surface area contributed by atoms with Gasteiger partial charge in [-0.15, -0.1) is 0 Å². The smallest absolute Gasteiger partial charge is 0.340 e. The van der Waals surface area contributed by atoms with E-state index in [2.05, 4.69) is 15.9 Å². The van der Waals surface area contributed by atoms with E-state index >= 15 is 0 Å². The van der Waals surface area contributed by atoms with E-state index in [1.807, 2.05) is 0 Å². The number of benzene rings is 2. The molecule has 0 amide bonds. The molecule has 0 unspecified atom stereocenters. The third-order valence-electron chi connectivity index (χ3n) is 2.64. The molecule has 0 N–H and O–H groups in total. The lowest BCUT2D eigenvalue weighted by atomic mass is 10.3. The Hall–Kier alpha value is -1.73. The molecule has 112 valence electrons. The van der Waals surface area contributed by atoms with Gasteiger partial charge < -0.3 is 13.7 Å². The number of halogens is 1. The van der Waals surface area contributed by atoms with E-state index < -0.39 is 10.1 Å². The Morgan fingerprint density at radius 3 is 1.95 bits per heavy atom. The molecule has 0 atom stereocenters. The zero-order valence-corrected chi connectivity index (χ0v) is 13.8. The van der Waals surface area contributed by atoms with Gasteiger partial charge in [0.2, 0.25) is 0 Å². The molecule has 0 heterocycles. The van der Waals surface area contributed by atoms with Gasteiger partial charge in [0.25, 0.3) is 0 Å². The lowest BCUT2D eigenvalue weighted by Crippen LogP contribution is -2.10. The molecule has 2 aromatic carbocycles. The molecule has 2 rings (SSSR count). The van der Waals surface area contributed by atoms with Crippen molar-refractivity contribution in [3.8, 4) is 17.2 Å². The van der Waals surface area contributed by atoms with Crippen LogP contribution in [0.5, 0.6) is 17.2 Å². The molecule has 0 aliphatic heterocycles. The number of ether oxygens (including phenoxy) is 2. The number of hydrogen-bond donors (Lipinski definition) is 0. The summed E-state index contributed by atoms with van der Waals surface area (Å²) in [6.07, 6.45) is 0. The maximum absolute atomic E-state index is 12.3. The van der Waals surface area contributed by atoms with Crippen LogP contribution in [0.4, 0.5) is 0 Å². The Balaban J connectivity index is 2.39. The molecule has 0 spiro atoms. The summed E-state index contributed by atoms with van der Waals surface area (Å²) < 4.78 is 40.3. The second kappa shape index (κ2) is 6.36. The molecule has 0 saturated heterocycles. The molecule has 0 aromatic heterocycles. The SMILES string of the molecule is COc1cc(OC)cc(OS(=O)(=O)c2ccccc2Br)c1. The van der Waals surface area contributed by atoms with E-state index in [1.54, 1.807) is 24.3 Å². The molecule has 0 aliphatic rings. The van der Waals surface area contributed by atoms with Crippen LogP contribution in [0.2, 0.25) is 0 Å². The Bertz CT molecular complexity index is 721. The van der Waals surface area contributed by atoms with E-state index in [4.69, 9.17) is 13.7 Å². The third-order valence-corrected chi connectivity index (χ3v) is 4.90. The van der Waals surface area contributed by atoms with Gasteiger partial charge in [0.1, 0.15) is 22.1 Å². The van der Waals surface area contributed by atoms with Crippen LogP contribution in [0.3, 0.4) is 0 Å². The average molecular weight is 373 g/mol. The molecular weight excluding hydrogens is 360 g/mol. The summed E-state index contributed by atoms with van der Waals surface area (Å²) in [6, 6.07) is 11.0. The number of methoxy groups -OCH3 is 2. The van der Waals surface area contributed by atoms with Crippen LogP contribution in [0.15, 0.2) is 51.8 Å². The Kier molecular flexibility index (Phi) is 4.74. The van der Waals surface area contributed by atoms with Gasteiger partial charge in [-0.3, -0.25) is 0 Å². The van der Waals surface area contributed by atoms with E-state index in [9.17, 15) is 8.42 Å². The Labute approximate surface area is 131 Å². The Morgan fingerprint density at radius 1 is 0.905 bits per heavy atom. The minimum absolute atomic E-state index is 0.0480. The molecule has 21 heavy (non-hydrogen) atoms. The van der Waals surface area contributed by atoms with Crippen LogP contribution in [0.1, 0.15) is 0 Å². The monoisotopic (exact) mass is 372 g/mol. The standard InChI is InChI=1S/C14H13BrO5S/c1-18-10-7-11(19-2)9-12(8-10)20-21(16,17)14-6-4-3-5-13(14)15/h3-9H,1-2H3. The van der Waals surface area contributed by atoms with Gasteiger partial charge >= 0.3 is 10.1 Å². The van der Waals surface area contributed by atoms with Crippen LogP contribution >= 0.6 is 15.9 Å². The number of rotatable bonds is 5. The van der Waals surface area contributed by atoms with Gasteiger partial charge in [0.05, 0.1) is 14.2 Å². The zero-order chi connectivity index (χ0) is 15.5. The molecule has 0 fully saturated rings. The molecule has 5 nitrogen and oxygen atoms in total. The topological polar surface area (TPSA) is 61.8 Å². The second-order valence-corrected chi connectivity index (χ2v) is 6.39. The van der Waals surface area contributed by atoms with Gasteiger partial charge in [0, 0.05) is 22.7 Å². The van der Waals surface area contributed by atoms with Crippen molar-refractivity contribution in [2.24, 2.45) is 0 Å². The first-order valence-electron chi connectivity index (χ1n) is 5.88. The van der Waals surface area contributed by atoms with Crippen molar-refractivity contribution in [2.45, 2.75) is 4.90 Å². The van der Waals surface area contributed by atoms with Crippen LogP contribution in [-0.4, -0.2) is 22.6 Å². The highest BCUT2D eigenvalue weighted by atomic mass is 79.9. The maximum Gasteiger partial charge on any atom is 0.340 e. The first kappa shape index (κ1) is 15.7. The van der Waals surface area contributed by atoms with E-state index in [1.165, 1.54) is 32.4 Å². The third kappa shape index (κ3) is 3.68. The van der Waals surface area contributed by atoms with Crippen LogP contribution in [-0.2, 0) is 10.1 Å². The lowest BCUT2D eigenvalue weighted by Gasteiger charge is -2.11. The van der Waals surface area contributed by atoms with Crippen LogP contribution < -0.4 is 13.7 Å². The van der Waals surface area contributed by atoms with Crippen molar-refractivity contribution in [1.29, 1.82) is 0 Å². The zero-order valence-electron chi connectivity index (χ0n) is 11.4. The predicted octanol–water partition coefficient (Wildman–Crippen LogP) is 3.23. The van der Waals surface area contributed by atoms with Gasteiger partial charge in [-0.2, -0.15) is 8.42 Å². The fraction of sp³-hybridized carbons (Fsp3) is 0.143. The van der Waals surface area contributed by atoms with Gasteiger partial charge in [-0.25, -0.2) is 0 Å². The molecule has 0 radical (unpaired) electrons. The fourth-order valence-corrected chi connectivity index (χ4v) is 3.52.